The highest BCUT2D eigenvalue weighted by molar-refractivity contribution is 6.31. The fourth-order valence-corrected chi connectivity index (χ4v) is 2.58. The fraction of sp³-hybridized carbons (Fsp3) is 0.222. The number of hydrogen-bond acceptors (Lipinski definition) is 4. The van der Waals surface area contributed by atoms with E-state index in [0.717, 1.165) is 0 Å². The molecule has 132 valence electrons. The predicted molar refractivity (Wildman–Crippen MR) is 96.0 cm³/mol. The highest BCUT2D eigenvalue weighted by Gasteiger charge is 2.21. The summed E-state index contributed by atoms with van der Waals surface area (Å²) in [5.41, 5.74) is 1.14. The van der Waals surface area contributed by atoms with Gasteiger partial charge in [-0.2, -0.15) is 0 Å². The topological polar surface area (TPSA) is 76.7 Å². The van der Waals surface area contributed by atoms with Crippen molar-refractivity contribution < 1.29 is 19.1 Å². The van der Waals surface area contributed by atoms with E-state index in [9.17, 15) is 9.59 Å². The SMILES string of the molecule is COC(=O)CC(NC(=O)Nc1ccccc1OC)c1ccccc1Cl. The third kappa shape index (κ3) is 5.12. The number of halogens is 1. The fourth-order valence-electron chi connectivity index (χ4n) is 2.31. The number of amides is 2. The molecule has 0 saturated heterocycles. The van der Waals surface area contributed by atoms with E-state index < -0.39 is 18.0 Å². The molecule has 0 aliphatic rings. The number of nitrogens with one attached hydrogen (secondary N) is 2. The second kappa shape index (κ2) is 8.94. The molecule has 0 radical (unpaired) electrons. The quantitative estimate of drug-likeness (QED) is 0.767. The van der Waals surface area contributed by atoms with Crippen LogP contribution < -0.4 is 15.4 Å². The molecule has 0 saturated carbocycles. The van der Waals surface area contributed by atoms with Crippen molar-refractivity contribution in [2.45, 2.75) is 12.5 Å². The Kier molecular flexibility index (Phi) is 6.65. The predicted octanol–water partition coefficient (Wildman–Crippen LogP) is 3.77. The Bertz CT molecular complexity index is 751. The van der Waals surface area contributed by atoms with Crippen LogP contribution in [0.15, 0.2) is 48.5 Å². The van der Waals surface area contributed by atoms with Gasteiger partial charge >= 0.3 is 12.0 Å². The van der Waals surface area contributed by atoms with Crippen LogP contribution in [0, 0.1) is 0 Å². The monoisotopic (exact) mass is 362 g/mol. The summed E-state index contributed by atoms with van der Waals surface area (Å²) >= 11 is 6.19. The number of urea groups is 1. The first-order chi connectivity index (χ1) is 12.0. The number of esters is 1. The molecule has 0 fully saturated rings. The van der Waals surface area contributed by atoms with Crippen LogP contribution in [0.3, 0.4) is 0 Å². The smallest absolute Gasteiger partial charge is 0.319 e. The van der Waals surface area contributed by atoms with E-state index in [0.29, 0.717) is 22.0 Å². The van der Waals surface area contributed by atoms with Crippen LogP contribution in [-0.4, -0.2) is 26.2 Å². The van der Waals surface area contributed by atoms with Gasteiger partial charge in [0, 0.05) is 5.02 Å². The van der Waals surface area contributed by atoms with Gasteiger partial charge in [-0.05, 0) is 23.8 Å². The highest BCUT2D eigenvalue weighted by atomic mass is 35.5. The molecule has 1 atom stereocenters. The van der Waals surface area contributed by atoms with Crippen LogP contribution in [0.2, 0.25) is 5.02 Å². The number of para-hydroxylation sites is 2. The van der Waals surface area contributed by atoms with Crippen LogP contribution in [0.4, 0.5) is 10.5 Å². The lowest BCUT2D eigenvalue weighted by molar-refractivity contribution is -0.141. The number of anilines is 1. The van der Waals surface area contributed by atoms with Gasteiger partial charge in [0.15, 0.2) is 0 Å². The lowest BCUT2D eigenvalue weighted by Crippen LogP contribution is -2.34. The molecule has 2 aromatic rings. The molecule has 0 spiro atoms. The summed E-state index contributed by atoms with van der Waals surface area (Å²) in [7, 11) is 2.81. The Balaban J connectivity index is 2.17. The van der Waals surface area contributed by atoms with E-state index in [1.807, 2.05) is 0 Å². The molecular formula is C18H19ClN2O4. The average Bonchev–Trinajstić information content (AvgIpc) is 2.62. The number of ether oxygens (including phenoxy) is 2. The molecular weight excluding hydrogens is 344 g/mol. The maximum Gasteiger partial charge on any atom is 0.319 e. The Hall–Kier alpha value is -2.73. The minimum absolute atomic E-state index is 0.0421. The molecule has 7 heteroatoms. The van der Waals surface area contributed by atoms with E-state index in [4.69, 9.17) is 21.1 Å². The molecule has 0 aliphatic heterocycles. The number of carbonyl (C=O) groups excluding carboxylic acids is 2. The molecule has 0 aromatic heterocycles. The Morgan fingerprint density at radius 1 is 1.08 bits per heavy atom. The lowest BCUT2D eigenvalue weighted by atomic mass is 10.0. The van der Waals surface area contributed by atoms with E-state index in [1.54, 1.807) is 48.5 Å². The summed E-state index contributed by atoms with van der Waals surface area (Å²) in [5, 5.41) is 5.90. The summed E-state index contributed by atoms with van der Waals surface area (Å²) in [6.07, 6.45) is -0.0421. The van der Waals surface area contributed by atoms with Crippen LogP contribution >= 0.6 is 11.6 Å². The standard InChI is InChI=1S/C18H19ClN2O4/c1-24-16-10-6-5-9-14(16)20-18(23)21-15(11-17(22)25-2)12-7-3-4-8-13(12)19/h3-10,15H,11H2,1-2H3,(H2,20,21,23). The highest BCUT2D eigenvalue weighted by Crippen LogP contribution is 2.26. The number of rotatable bonds is 6. The number of methoxy groups -OCH3 is 2. The zero-order valence-corrected chi connectivity index (χ0v) is 14.7. The molecule has 0 heterocycles. The van der Waals surface area contributed by atoms with E-state index >= 15 is 0 Å². The Morgan fingerprint density at radius 3 is 2.44 bits per heavy atom. The average molecular weight is 363 g/mol. The first kappa shape index (κ1) is 18.6. The van der Waals surface area contributed by atoms with Crippen molar-refractivity contribution >= 4 is 29.3 Å². The van der Waals surface area contributed by atoms with E-state index in [2.05, 4.69) is 10.6 Å². The molecule has 6 nitrogen and oxygen atoms in total. The van der Waals surface area contributed by atoms with Gasteiger partial charge in [-0.15, -0.1) is 0 Å². The molecule has 25 heavy (non-hydrogen) atoms. The van der Waals surface area contributed by atoms with Crippen molar-refractivity contribution in [3.05, 3.63) is 59.1 Å². The van der Waals surface area contributed by atoms with Gasteiger partial charge in [-0.1, -0.05) is 41.9 Å². The molecule has 2 rings (SSSR count). The summed E-state index contributed by atoms with van der Waals surface area (Å²) in [6, 6.07) is 12.9. The minimum Gasteiger partial charge on any atom is -0.495 e. The zero-order chi connectivity index (χ0) is 18.2. The molecule has 1 unspecified atom stereocenters. The minimum atomic E-state index is -0.629. The van der Waals surface area contributed by atoms with Crippen LogP contribution in [-0.2, 0) is 9.53 Å². The van der Waals surface area contributed by atoms with E-state index in [-0.39, 0.29) is 6.42 Å². The van der Waals surface area contributed by atoms with Gasteiger partial charge in [0.1, 0.15) is 5.75 Å². The van der Waals surface area contributed by atoms with Gasteiger partial charge in [0.2, 0.25) is 0 Å². The molecule has 0 aliphatic carbocycles. The number of hydrogen-bond donors (Lipinski definition) is 2. The summed E-state index contributed by atoms with van der Waals surface area (Å²) < 4.78 is 9.90. The van der Waals surface area contributed by atoms with Crippen LogP contribution in [0.25, 0.3) is 0 Å². The lowest BCUT2D eigenvalue weighted by Gasteiger charge is -2.20. The van der Waals surface area contributed by atoms with Crippen molar-refractivity contribution in [2.75, 3.05) is 19.5 Å². The van der Waals surface area contributed by atoms with E-state index in [1.165, 1.54) is 14.2 Å². The third-order valence-corrected chi connectivity index (χ3v) is 3.88. The second-order valence-corrected chi connectivity index (χ2v) is 5.56. The van der Waals surface area contributed by atoms with Gasteiger partial charge in [-0.3, -0.25) is 4.79 Å². The van der Waals surface area contributed by atoms with Crippen LogP contribution in [0.1, 0.15) is 18.0 Å². The maximum absolute atomic E-state index is 12.4. The second-order valence-electron chi connectivity index (χ2n) is 5.15. The summed E-state index contributed by atoms with van der Waals surface area (Å²) in [6.45, 7) is 0. The largest absolute Gasteiger partial charge is 0.495 e. The van der Waals surface area contributed by atoms with Crippen molar-refractivity contribution in [1.82, 2.24) is 5.32 Å². The Labute approximate surface area is 151 Å². The molecule has 0 bridgehead atoms. The van der Waals surface area contributed by atoms with Gasteiger partial charge in [-0.25, -0.2) is 4.79 Å². The first-order valence-corrected chi connectivity index (χ1v) is 7.94. The van der Waals surface area contributed by atoms with Crippen molar-refractivity contribution in [3.8, 4) is 5.75 Å². The first-order valence-electron chi connectivity index (χ1n) is 7.57. The van der Waals surface area contributed by atoms with Crippen molar-refractivity contribution in [2.24, 2.45) is 0 Å². The van der Waals surface area contributed by atoms with Crippen molar-refractivity contribution in [3.63, 3.8) is 0 Å². The normalized spacial score (nSPS) is 11.3. The summed E-state index contributed by atoms with van der Waals surface area (Å²) in [5.74, 6) is 0.0717. The third-order valence-electron chi connectivity index (χ3n) is 3.54. The molecule has 2 amide bonds. The molecule has 2 aromatic carbocycles. The molecule has 2 N–H and O–H groups in total. The van der Waals surface area contributed by atoms with Gasteiger partial charge in [0.25, 0.3) is 0 Å². The zero-order valence-electron chi connectivity index (χ0n) is 13.9. The van der Waals surface area contributed by atoms with Gasteiger partial charge < -0.3 is 20.1 Å². The van der Waals surface area contributed by atoms with Crippen molar-refractivity contribution in [1.29, 1.82) is 0 Å². The van der Waals surface area contributed by atoms with Gasteiger partial charge in [0.05, 0.1) is 32.4 Å². The maximum atomic E-state index is 12.4. The summed E-state index contributed by atoms with van der Waals surface area (Å²) in [4.78, 5) is 24.1. The number of benzene rings is 2. The van der Waals surface area contributed by atoms with Crippen LogP contribution in [0.5, 0.6) is 5.75 Å². The Morgan fingerprint density at radius 2 is 1.76 bits per heavy atom. The number of carbonyl (C=O) groups is 2.